The standard InChI is InChI=1S/C20H27N3O8S/c1-3-14(2)22(17-9-11-32(29,30)13-17)18(24)12-31-19(25)8-10-21-20(26)15-4-6-16(7-5-15)23(27)28/h4-7,14,17H,3,8-13H2,1-2H3,(H,21,26)/t14-,17-/m1/s1. The fourth-order valence-electron chi connectivity index (χ4n) is 3.40. The topological polar surface area (TPSA) is 153 Å². The van der Waals surface area contributed by atoms with E-state index in [-0.39, 0.29) is 41.8 Å². The molecule has 32 heavy (non-hydrogen) atoms. The quantitative estimate of drug-likeness (QED) is 0.303. The molecule has 1 N–H and O–H groups in total. The first-order valence-electron chi connectivity index (χ1n) is 10.2. The van der Waals surface area contributed by atoms with Gasteiger partial charge in [-0.05, 0) is 31.9 Å². The van der Waals surface area contributed by atoms with E-state index >= 15 is 0 Å². The second kappa shape index (κ2) is 11.0. The van der Waals surface area contributed by atoms with E-state index in [1.807, 2.05) is 13.8 Å². The third-order valence-electron chi connectivity index (χ3n) is 5.27. The number of carbonyl (C=O) groups excluding carboxylic acids is 3. The zero-order chi connectivity index (χ0) is 23.9. The van der Waals surface area contributed by atoms with E-state index in [1.54, 1.807) is 0 Å². The molecule has 1 aliphatic heterocycles. The molecule has 1 aromatic rings. The number of non-ortho nitro benzene ring substituents is 1. The van der Waals surface area contributed by atoms with E-state index in [1.165, 1.54) is 29.2 Å². The fraction of sp³-hybridized carbons (Fsp3) is 0.550. The number of hydrogen-bond acceptors (Lipinski definition) is 8. The van der Waals surface area contributed by atoms with Crippen molar-refractivity contribution in [2.75, 3.05) is 24.7 Å². The number of nitro benzene ring substituents is 1. The van der Waals surface area contributed by atoms with E-state index in [9.17, 15) is 32.9 Å². The van der Waals surface area contributed by atoms with Crippen molar-refractivity contribution in [3.05, 3.63) is 39.9 Å². The second-order valence-electron chi connectivity index (χ2n) is 7.59. The molecule has 1 saturated heterocycles. The molecule has 1 aromatic carbocycles. The lowest BCUT2D eigenvalue weighted by Crippen LogP contribution is -2.48. The predicted molar refractivity (Wildman–Crippen MR) is 115 cm³/mol. The summed E-state index contributed by atoms with van der Waals surface area (Å²) in [5, 5.41) is 13.1. The Morgan fingerprint density at radius 2 is 1.94 bits per heavy atom. The van der Waals surface area contributed by atoms with Crippen molar-refractivity contribution in [2.24, 2.45) is 0 Å². The molecule has 12 heteroatoms. The number of ether oxygens (including phenoxy) is 1. The van der Waals surface area contributed by atoms with Gasteiger partial charge >= 0.3 is 5.97 Å². The molecule has 176 valence electrons. The van der Waals surface area contributed by atoms with Gasteiger partial charge in [0, 0.05) is 36.3 Å². The van der Waals surface area contributed by atoms with Gasteiger partial charge in [0.2, 0.25) is 0 Å². The minimum absolute atomic E-state index is 0.0339. The van der Waals surface area contributed by atoms with Gasteiger partial charge < -0.3 is 15.0 Å². The van der Waals surface area contributed by atoms with Gasteiger partial charge in [0.25, 0.3) is 17.5 Å². The molecule has 0 radical (unpaired) electrons. The molecule has 0 saturated carbocycles. The summed E-state index contributed by atoms with van der Waals surface area (Å²) in [4.78, 5) is 48.2. The maximum atomic E-state index is 12.6. The van der Waals surface area contributed by atoms with Crippen molar-refractivity contribution in [3.8, 4) is 0 Å². The van der Waals surface area contributed by atoms with Crippen LogP contribution in [0.1, 0.15) is 43.5 Å². The van der Waals surface area contributed by atoms with Gasteiger partial charge in [0.15, 0.2) is 16.4 Å². The molecule has 0 aromatic heterocycles. The highest BCUT2D eigenvalue weighted by atomic mass is 32.2. The lowest BCUT2D eigenvalue weighted by molar-refractivity contribution is -0.384. The first kappa shape index (κ1) is 25.2. The van der Waals surface area contributed by atoms with Crippen molar-refractivity contribution >= 4 is 33.3 Å². The smallest absolute Gasteiger partial charge is 0.308 e. The summed E-state index contributed by atoms with van der Waals surface area (Å²) in [5.41, 5.74) is 0.0614. The van der Waals surface area contributed by atoms with Crippen molar-refractivity contribution in [1.29, 1.82) is 0 Å². The number of amides is 2. The van der Waals surface area contributed by atoms with E-state index in [2.05, 4.69) is 5.32 Å². The number of nitro groups is 1. The van der Waals surface area contributed by atoms with Crippen LogP contribution in [0.2, 0.25) is 0 Å². The number of nitrogens with zero attached hydrogens (tertiary/aromatic N) is 2. The normalized spacial score (nSPS) is 17.9. The van der Waals surface area contributed by atoms with E-state index in [4.69, 9.17) is 4.74 Å². The summed E-state index contributed by atoms with van der Waals surface area (Å²) in [6, 6.07) is 4.39. The molecule has 2 amide bonds. The maximum absolute atomic E-state index is 12.6. The molecule has 2 rings (SSSR count). The highest BCUT2D eigenvalue weighted by Crippen LogP contribution is 2.21. The van der Waals surface area contributed by atoms with Gasteiger partial charge in [-0.1, -0.05) is 6.92 Å². The molecule has 0 bridgehead atoms. The Kier molecular flexibility index (Phi) is 8.70. The van der Waals surface area contributed by atoms with Crippen molar-refractivity contribution in [3.63, 3.8) is 0 Å². The number of nitrogens with one attached hydrogen (secondary N) is 1. The van der Waals surface area contributed by atoms with Gasteiger partial charge in [-0.2, -0.15) is 0 Å². The van der Waals surface area contributed by atoms with Crippen LogP contribution >= 0.6 is 0 Å². The number of sulfone groups is 1. The molecule has 1 fully saturated rings. The zero-order valence-corrected chi connectivity index (χ0v) is 18.8. The third kappa shape index (κ3) is 7.01. The van der Waals surface area contributed by atoms with Crippen LogP contribution in [-0.2, 0) is 24.2 Å². The second-order valence-corrected chi connectivity index (χ2v) is 9.81. The molecule has 0 aliphatic carbocycles. The first-order chi connectivity index (χ1) is 15.0. The summed E-state index contributed by atoms with van der Waals surface area (Å²) in [6.45, 7) is 3.15. The van der Waals surface area contributed by atoms with Crippen LogP contribution in [0.5, 0.6) is 0 Å². The summed E-state index contributed by atoms with van der Waals surface area (Å²) >= 11 is 0. The fourth-order valence-corrected chi connectivity index (χ4v) is 5.12. The molecule has 11 nitrogen and oxygen atoms in total. The lowest BCUT2D eigenvalue weighted by atomic mass is 10.1. The summed E-state index contributed by atoms with van der Waals surface area (Å²) in [6.07, 6.45) is 0.819. The summed E-state index contributed by atoms with van der Waals surface area (Å²) in [7, 11) is -3.17. The Hall–Kier alpha value is -3.02. The predicted octanol–water partition coefficient (Wildman–Crippen LogP) is 1.07. The van der Waals surface area contributed by atoms with Gasteiger partial charge in [-0.3, -0.25) is 24.5 Å². The van der Waals surface area contributed by atoms with Crippen molar-refractivity contribution in [1.82, 2.24) is 10.2 Å². The molecule has 0 unspecified atom stereocenters. The number of carbonyl (C=O) groups is 3. The highest BCUT2D eigenvalue weighted by Gasteiger charge is 2.36. The Bertz CT molecular complexity index is 962. The Labute approximate surface area is 186 Å². The first-order valence-corrected chi connectivity index (χ1v) is 12.1. The number of benzene rings is 1. The summed E-state index contributed by atoms with van der Waals surface area (Å²) < 4.78 is 28.6. The number of rotatable bonds is 10. The molecule has 1 aliphatic rings. The van der Waals surface area contributed by atoms with Gasteiger partial charge in [-0.25, -0.2) is 8.42 Å². The Morgan fingerprint density at radius 1 is 1.28 bits per heavy atom. The maximum Gasteiger partial charge on any atom is 0.308 e. The van der Waals surface area contributed by atoms with Crippen LogP contribution in [-0.4, -0.2) is 72.8 Å². The lowest BCUT2D eigenvalue weighted by Gasteiger charge is -2.33. The van der Waals surface area contributed by atoms with Crippen LogP contribution in [0, 0.1) is 10.1 Å². The number of hydrogen-bond donors (Lipinski definition) is 1. The number of esters is 1. The van der Waals surface area contributed by atoms with Crippen LogP contribution in [0.25, 0.3) is 0 Å². The largest absolute Gasteiger partial charge is 0.456 e. The molecular formula is C20H27N3O8S. The van der Waals surface area contributed by atoms with Gasteiger partial charge in [0.1, 0.15) is 0 Å². The van der Waals surface area contributed by atoms with Crippen LogP contribution in [0.3, 0.4) is 0 Å². The van der Waals surface area contributed by atoms with Crippen LogP contribution in [0.4, 0.5) is 5.69 Å². The Morgan fingerprint density at radius 3 is 2.47 bits per heavy atom. The van der Waals surface area contributed by atoms with Crippen LogP contribution < -0.4 is 5.32 Å². The van der Waals surface area contributed by atoms with Gasteiger partial charge in [-0.15, -0.1) is 0 Å². The van der Waals surface area contributed by atoms with E-state index < -0.39 is 45.2 Å². The van der Waals surface area contributed by atoms with Gasteiger partial charge in [0.05, 0.1) is 22.8 Å². The van der Waals surface area contributed by atoms with Crippen LogP contribution in [0.15, 0.2) is 24.3 Å². The highest BCUT2D eigenvalue weighted by molar-refractivity contribution is 7.91. The summed E-state index contributed by atoms with van der Waals surface area (Å²) in [5.74, 6) is -1.71. The third-order valence-corrected chi connectivity index (χ3v) is 7.02. The molecule has 2 atom stereocenters. The molecule has 0 spiro atoms. The van der Waals surface area contributed by atoms with Crippen molar-refractivity contribution < 1.29 is 32.5 Å². The van der Waals surface area contributed by atoms with E-state index in [0.717, 1.165) is 0 Å². The SMILES string of the molecule is CC[C@@H](C)N(C(=O)COC(=O)CCNC(=O)c1ccc([N+](=O)[O-])cc1)[C@@H]1CCS(=O)(=O)C1. The van der Waals surface area contributed by atoms with E-state index in [0.29, 0.717) is 12.8 Å². The average molecular weight is 470 g/mol. The monoisotopic (exact) mass is 469 g/mol. The molecular weight excluding hydrogens is 442 g/mol. The molecule has 1 heterocycles. The average Bonchev–Trinajstić information content (AvgIpc) is 3.11. The Balaban J connectivity index is 1.80. The minimum Gasteiger partial charge on any atom is -0.456 e. The van der Waals surface area contributed by atoms with Crippen molar-refractivity contribution in [2.45, 2.75) is 45.2 Å². The minimum atomic E-state index is -3.17. The zero-order valence-electron chi connectivity index (χ0n) is 18.0.